The van der Waals surface area contributed by atoms with E-state index in [-0.39, 0.29) is 6.61 Å². The van der Waals surface area contributed by atoms with Crippen molar-refractivity contribution in [2.75, 3.05) is 0 Å². The minimum Gasteiger partial charge on any atom is -0.388 e. The maximum Gasteiger partial charge on any atom is 0.134 e. The van der Waals surface area contributed by atoms with Crippen LogP contribution in [0, 0.1) is 0 Å². The summed E-state index contributed by atoms with van der Waals surface area (Å²) < 4.78 is 1.94. The van der Waals surface area contributed by atoms with Crippen LogP contribution in [0.15, 0.2) is 12.4 Å². The first-order chi connectivity index (χ1) is 4.75. The number of imidazole rings is 1. The molecule has 0 aliphatic heterocycles. The zero-order valence-electron chi connectivity index (χ0n) is 6.28. The van der Waals surface area contributed by atoms with Crippen LogP contribution in [0.4, 0.5) is 0 Å². The molecular weight excluding hydrogens is 128 g/mol. The van der Waals surface area contributed by atoms with Crippen molar-refractivity contribution < 1.29 is 5.11 Å². The highest BCUT2D eigenvalue weighted by Gasteiger charge is 2.02. The second-order valence-corrected chi connectivity index (χ2v) is 2.50. The molecule has 10 heavy (non-hydrogen) atoms. The van der Waals surface area contributed by atoms with Crippen molar-refractivity contribution in [3.05, 3.63) is 18.2 Å². The molecule has 0 aliphatic rings. The van der Waals surface area contributed by atoms with Crippen LogP contribution in [0.1, 0.15) is 25.7 Å². The van der Waals surface area contributed by atoms with Crippen molar-refractivity contribution >= 4 is 0 Å². The molecule has 1 aromatic heterocycles. The zero-order chi connectivity index (χ0) is 7.56. The predicted octanol–water partition coefficient (Wildman–Crippen LogP) is 0.956. The van der Waals surface area contributed by atoms with Gasteiger partial charge in [-0.3, -0.25) is 0 Å². The third-order valence-electron chi connectivity index (χ3n) is 1.45. The van der Waals surface area contributed by atoms with Gasteiger partial charge in [-0.15, -0.1) is 0 Å². The first kappa shape index (κ1) is 7.28. The molecule has 0 aromatic carbocycles. The van der Waals surface area contributed by atoms with Crippen LogP contribution in [-0.2, 0) is 6.61 Å². The third-order valence-corrected chi connectivity index (χ3v) is 1.45. The number of hydrogen-bond donors (Lipinski definition) is 1. The molecule has 0 radical (unpaired) electrons. The van der Waals surface area contributed by atoms with Crippen molar-refractivity contribution in [3.63, 3.8) is 0 Å². The summed E-state index contributed by atoms with van der Waals surface area (Å²) >= 11 is 0. The van der Waals surface area contributed by atoms with Crippen LogP contribution >= 0.6 is 0 Å². The van der Waals surface area contributed by atoms with E-state index in [9.17, 15) is 0 Å². The van der Waals surface area contributed by atoms with Crippen LogP contribution in [0.2, 0.25) is 0 Å². The van der Waals surface area contributed by atoms with Crippen molar-refractivity contribution in [1.29, 1.82) is 0 Å². The molecule has 0 fully saturated rings. The van der Waals surface area contributed by atoms with Crippen molar-refractivity contribution in [2.24, 2.45) is 0 Å². The minimum atomic E-state index is 0.0190. The second-order valence-electron chi connectivity index (χ2n) is 2.50. The van der Waals surface area contributed by atoms with Crippen molar-refractivity contribution in [3.8, 4) is 0 Å². The molecule has 3 nitrogen and oxygen atoms in total. The van der Waals surface area contributed by atoms with Crippen LogP contribution < -0.4 is 0 Å². The summed E-state index contributed by atoms with van der Waals surface area (Å²) in [7, 11) is 0. The van der Waals surface area contributed by atoms with Gasteiger partial charge in [-0.05, 0) is 13.8 Å². The van der Waals surface area contributed by atoms with Gasteiger partial charge in [0.1, 0.15) is 12.4 Å². The molecular formula is C7H12N2O. The lowest BCUT2D eigenvalue weighted by atomic mass is 10.4. The van der Waals surface area contributed by atoms with Crippen LogP contribution in [0.25, 0.3) is 0 Å². The highest BCUT2D eigenvalue weighted by atomic mass is 16.3. The van der Waals surface area contributed by atoms with Gasteiger partial charge in [-0.2, -0.15) is 0 Å². The SMILES string of the molecule is CC(C)n1ccnc1CO. The molecule has 3 heteroatoms. The van der Waals surface area contributed by atoms with Gasteiger partial charge in [0.15, 0.2) is 0 Å². The molecule has 1 rings (SSSR count). The number of aliphatic hydroxyl groups is 1. The number of hydrogen-bond acceptors (Lipinski definition) is 2. The molecule has 0 saturated heterocycles. The predicted molar refractivity (Wildman–Crippen MR) is 38.5 cm³/mol. The molecule has 0 bridgehead atoms. The van der Waals surface area contributed by atoms with Gasteiger partial charge in [-0.1, -0.05) is 0 Å². The van der Waals surface area contributed by atoms with E-state index in [0.29, 0.717) is 6.04 Å². The Morgan fingerprint density at radius 2 is 2.40 bits per heavy atom. The van der Waals surface area contributed by atoms with Gasteiger partial charge in [-0.25, -0.2) is 4.98 Å². The number of aromatic nitrogens is 2. The maximum absolute atomic E-state index is 8.77. The van der Waals surface area contributed by atoms with E-state index in [0.717, 1.165) is 5.82 Å². The number of aliphatic hydroxyl groups excluding tert-OH is 1. The maximum atomic E-state index is 8.77. The van der Waals surface area contributed by atoms with Crippen LogP contribution in [0.5, 0.6) is 0 Å². The fraction of sp³-hybridized carbons (Fsp3) is 0.571. The fourth-order valence-electron chi connectivity index (χ4n) is 0.937. The highest BCUT2D eigenvalue weighted by Crippen LogP contribution is 2.06. The summed E-state index contributed by atoms with van der Waals surface area (Å²) in [6, 6.07) is 0.379. The average Bonchev–Trinajstić information content (AvgIpc) is 2.33. The molecule has 0 unspecified atom stereocenters. The molecule has 1 N–H and O–H groups in total. The lowest BCUT2D eigenvalue weighted by molar-refractivity contribution is 0.262. The number of rotatable bonds is 2. The molecule has 0 spiro atoms. The van der Waals surface area contributed by atoms with Gasteiger partial charge in [0.25, 0.3) is 0 Å². The molecule has 1 aromatic rings. The Labute approximate surface area is 60.3 Å². The van der Waals surface area contributed by atoms with Gasteiger partial charge in [0.2, 0.25) is 0 Å². The van der Waals surface area contributed by atoms with Gasteiger partial charge >= 0.3 is 0 Å². The highest BCUT2D eigenvalue weighted by molar-refractivity contribution is 4.91. The lowest BCUT2D eigenvalue weighted by Crippen LogP contribution is -2.04. The summed E-state index contributed by atoms with van der Waals surface area (Å²) in [5.74, 6) is 0.731. The third kappa shape index (κ3) is 1.19. The average molecular weight is 140 g/mol. The van der Waals surface area contributed by atoms with E-state index in [4.69, 9.17) is 5.11 Å². The quantitative estimate of drug-likeness (QED) is 0.664. The van der Waals surface area contributed by atoms with E-state index in [1.807, 2.05) is 10.8 Å². The minimum absolute atomic E-state index is 0.0190. The number of nitrogens with zero attached hydrogens (tertiary/aromatic N) is 2. The Morgan fingerprint density at radius 3 is 2.80 bits per heavy atom. The van der Waals surface area contributed by atoms with Crippen LogP contribution in [0.3, 0.4) is 0 Å². The molecule has 0 aliphatic carbocycles. The Hall–Kier alpha value is -0.830. The first-order valence-corrected chi connectivity index (χ1v) is 3.38. The first-order valence-electron chi connectivity index (χ1n) is 3.38. The molecule has 0 saturated carbocycles. The van der Waals surface area contributed by atoms with Gasteiger partial charge < -0.3 is 9.67 Å². The fourth-order valence-corrected chi connectivity index (χ4v) is 0.937. The van der Waals surface area contributed by atoms with E-state index < -0.39 is 0 Å². The summed E-state index contributed by atoms with van der Waals surface area (Å²) in [5, 5.41) is 8.77. The topological polar surface area (TPSA) is 38.0 Å². The molecule has 1 heterocycles. The summed E-state index contributed by atoms with van der Waals surface area (Å²) in [5.41, 5.74) is 0. The summed E-state index contributed by atoms with van der Waals surface area (Å²) in [4.78, 5) is 3.97. The Bertz CT molecular complexity index is 205. The Kier molecular flexibility index (Phi) is 2.06. The largest absolute Gasteiger partial charge is 0.388 e. The van der Waals surface area contributed by atoms with E-state index in [1.54, 1.807) is 6.20 Å². The van der Waals surface area contributed by atoms with E-state index in [2.05, 4.69) is 18.8 Å². The Balaban J connectivity index is 2.90. The van der Waals surface area contributed by atoms with Gasteiger partial charge in [0, 0.05) is 18.4 Å². The lowest BCUT2D eigenvalue weighted by Gasteiger charge is -2.08. The molecule has 0 amide bonds. The molecule has 56 valence electrons. The standard InChI is InChI=1S/C7H12N2O/c1-6(2)9-4-3-8-7(9)5-10/h3-4,6,10H,5H2,1-2H3. The smallest absolute Gasteiger partial charge is 0.134 e. The van der Waals surface area contributed by atoms with Crippen LogP contribution in [-0.4, -0.2) is 14.7 Å². The van der Waals surface area contributed by atoms with Gasteiger partial charge in [0.05, 0.1) is 0 Å². The molecule has 0 atom stereocenters. The summed E-state index contributed by atoms with van der Waals surface area (Å²) in [6.07, 6.45) is 3.57. The van der Waals surface area contributed by atoms with E-state index in [1.165, 1.54) is 0 Å². The second kappa shape index (κ2) is 2.84. The van der Waals surface area contributed by atoms with Crippen molar-refractivity contribution in [1.82, 2.24) is 9.55 Å². The normalized spacial score (nSPS) is 10.8. The zero-order valence-corrected chi connectivity index (χ0v) is 6.28. The van der Waals surface area contributed by atoms with E-state index >= 15 is 0 Å². The monoisotopic (exact) mass is 140 g/mol. The van der Waals surface area contributed by atoms with Crippen molar-refractivity contribution in [2.45, 2.75) is 26.5 Å². The Morgan fingerprint density at radius 1 is 1.70 bits per heavy atom. The summed E-state index contributed by atoms with van der Waals surface area (Å²) in [6.45, 7) is 4.13.